The lowest BCUT2D eigenvalue weighted by Crippen LogP contribution is -2.19. The molecular formula is C23H25F2NO2. The van der Waals surface area contributed by atoms with Crippen LogP contribution in [0, 0.1) is 28.9 Å². The second kappa shape index (κ2) is 9.54. The van der Waals surface area contributed by atoms with E-state index in [0.717, 1.165) is 44.5 Å². The zero-order valence-electron chi connectivity index (χ0n) is 16.1. The van der Waals surface area contributed by atoms with E-state index in [9.17, 15) is 8.78 Å². The zero-order chi connectivity index (χ0) is 19.9. The van der Waals surface area contributed by atoms with Crippen molar-refractivity contribution in [2.75, 3.05) is 13.2 Å². The smallest absolute Gasteiger partial charge is 0.201 e. The fourth-order valence-corrected chi connectivity index (χ4v) is 3.66. The fraction of sp³-hybridized carbons (Fsp3) is 0.435. The van der Waals surface area contributed by atoms with Gasteiger partial charge < -0.3 is 9.47 Å². The number of nitriles is 1. The number of ether oxygens (including phenoxy) is 2. The molecule has 0 bridgehead atoms. The molecule has 0 aliphatic heterocycles. The quantitative estimate of drug-likeness (QED) is 0.589. The summed E-state index contributed by atoms with van der Waals surface area (Å²) < 4.78 is 38.8. The third-order valence-corrected chi connectivity index (χ3v) is 5.31. The average Bonchev–Trinajstić information content (AvgIpc) is 2.74. The lowest BCUT2D eigenvalue weighted by molar-refractivity contribution is 0.192. The van der Waals surface area contributed by atoms with Crippen LogP contribution in [-0.2, 0) is 0 Å². The Morgan fingerprint density at radius 2 is 1.68 bits per heavy atom. The number of benzene rings is 2. The van der Waals surface area contributed by atoms with Gasteiger partial charge in [-0.2, -0.15) is 9.65 Å². The van der Waals surface area contributed by atoms with Crippen LogP contribution in [-0.4, -0.2) is 13.2 Å². The molecule has 0 unspecified atom stereocenters. The Labute approximate surface area is 164 Å². The first-order valence-electron chi connectivity index (χ1n) is 9.86. The molecule has 0 spiro atoms. The number of halogens is 2. The van der Waals surface area contributed by atoms with Gasteiger partial charge in [0, 0.05) is 0 Å². The lowest BCUT2D eigenvalue weighted by atomic mass is 9.79. The molecule has 0 N–H and O–H groups in total. The van der Waals surface area contributed by atoms with Crippen LogP contribution in [0.3, 0.4) is 0 Å². The summed E-state index contributed by atoms with van der Waals surface area (Å²) in [5.41, 5.74) is 1.01. The average molecular weight is 385 g/mol. The van der Waals surface area contributed by atoms with E-state index in [1.807, 2.05) is 12.1 Å². The Balaban J connectivity index is 1.49. The fourth-order valence-electron chi connectivity index (χ4n) is 3.66. The molecule has 0 aromatic heterocycles. The molecule has 3 rings (SSSR count). The molecule has 1 fully saturated rings. The van der Waals surface area contributed by atoms with E-state index in [1.54, 1.807) is 6.07 Å². The highest BCUT2D eigenvalue weighted by Gasteiger charge is 2.24. The van der Waals surface area contributed by atoms with Crippen molar-refractivity contribution in [1.82, 2.24) is 0 Å². The van der Waals surface area contributed by atoms with Crippen molar-refractivity contribution < 1.29 is 18.3 Å². The first-order chi connectivity index (χ1) is 13.6. The molecule has 1 aliphatic carbocycles. The number of rotatable bonds is 7. The molecule has 2 aromatic carbocycles. The Bertz CT molecular complexity index is 822. The van der Waals surface area contributed by atoms with Gasteiger partial charge in [0.25, 0.3) is 0 Å². The van der Waals surface area contributed by atoms with Crippen molar-refractivity contribution in [3.63, 3.8) is 0 Å². The van der Waals surface area contributed by atoms with E-state index < -0.39 is 11.6 Å². The van der Waals surface area contributed by atoms with Gasteiger partial charge in [0.2, 0.25) is 5.82 Å². The van der Waals surface area contributed by atoms with Crippen molar-refractivity contribution in [2.24, 2.45) is 5.92 Å². The van der Waals surface area contributed by atoms with E-state index in [2.05, 4.69) is 19.1 Å². The van der Waals surface area contributed by atoms with Crippen molar-refractivity contribution in [3.8, 4) is 17.6 Å². The van der Waals surface area contributed by atoms with Gasteiger partial charge >= 0.3 is 0 Å². The molecule has 0 amide bonds. The molecule has 2 aromatic rings. The highest BCUT2D eigenvalue weighted by Crippen LogP contribution is 2.36. The maximum absolute atomic E-state index is 13.9. The summed E-state index contributed by atoms with van der Waals surface area (Å²) >= 11 is 0. The second-order valence-corrected chi connectivity index (χ2v) is 7.30. The van der Waals surface area contributed by atoms with Crippen molar-refractivity contribution in [2.45, 2.75) is 44.9 Å². The van der Waals surface area contributed by atoms with Gasteiger partial charge in [0.15, 0.2) is 11.6 Å². The molecular weight excluding hydrogens is 360 g/mol. The molecule has 5 heteroatoms. The maximum Gasteiger partial charge on any atom is 0.201 e. The predicted octanol–water partition coefficient (Wildman–Crippen LogP) is 5.98. The summed E-state index contributed by atoms with van der Waals surface area (Å²) in [6, 6.07) is 12.5. The minimum Gasteiger partial charge on any atom is -0.494 e. The predicted molar refractivity (Wildman–Crippen MR) is 103 cm³/mol. The Morgan fingerprint density at radius 3 is 2.32 bits per heavy atom. The lowest BCUT2D eigenvalue weighted by Gasteiger charge is -2.29. The van der Waals surface area contributed by atoms with E-state index in [-0.39, 0.29) is 11.3 Å². The standard InChI is InChI=1S/C23H25F2NO2/c1-2-13-27-20-10-7-18(8-11-20)17-5-3-16(4-6-17)15-28-21-12-9-19(14-26)22(24)23(21)25/h7-12,16-17H,2-6,13,15H2,1H3. The number of hydrogen-bond donors (Lipinski definition) is 0. The maximum atomic E-state index is 13.9. The minimum absolute atomic E-state index is 0.124. The molecule has 1 aliphatic rings. The van der Waals surface area contributed by atoms with Crippen LogP contribution in [0.4, 0.5) is 8.78 Å². The first-order valence-corrected chi connectivity index (χ1v) is 9.86. The van der Waals surface area contributed by atoms with Gasteiger partial charge in [0.05, 0.1) is 18.8 Å². The highest BCUT2D eigenvalue weighted by atomic mass is 19.2. The van der Waals surface area contributed by atoms with Gasteiger partial charge in [-0.05, 0) is 73.8 Å². The molecule has 148 valence electrons. The Kier molecular flexibility index (Phi) is 6.86. The molecule has 1 saturated carbocycles. The summed E-state index contributed by atoms with van der Waals surface area (Å²) in [7, 11) is 0. The van der Waals surface area contributed by atoms with Crippen LogP contribution < -0.4 is 9.47 Å². The molecule has 0 radical (unpaired) electrons. The van der Waals surface area contributed by atoms with Crippen LogP contribution in [0.5, 0.6) is 11.5 Å². The molecule has 0 saturated heterocycles. The summed E-state index contributed by atoms with van der Waals surface area (Å²) in [5.74, 6) is -0.610. The van der Waals surface area contributed by atoms with Crippen LogP contribution in [0.25, 0.3) is 0 Å². The largest absolute Gasteiger partial charge is 0.494 e. The van der Waals surface area contributed by atoms with Crippen molar-refractivity contribution in [1.29, 1.82) is 5.26 Å². The topological polar surface area (TPSA) is 42.2 Å². The van der Waals surface area contributed by atoms with Crippen LogP contribution >= 0.6 is 0 Å². The third-order valence-electron chi connectivity index (χ3n) is 5.31. The summed E-state index contributed by atoms with van der Waals surface area (Å²) in [6.45, 7) is 3.18. The molecule has 0 heterocycles. The number of nitrogens with zero attached hydrogens (tertiary/aromatic N) is 1. The van der Waals surface area contributed by atoms with E-state index in [4.69, 9.17) is 14.7 Å². The third kappa shape index (κ3) is 4.81. The van der Waals surface area contributed by atoms with Gasteiger partial charge in [0.1, 0.15) is 11.8 Å². The van der Waals surface area contributed by atoms with Gasteiger partial charge in [-0.1, -0.05) is 19.1 Å². The second-order valence-electron chi connectivity index (χ2n) is 7.30. The minimum atomic E-state index is -1.14. The summed E-state index contributed by atoms with van der Waals surface area (Å²) in [5, 5.41) is 8.74. The summed E-state index contributed by atoms with van der Waals surface area (Å²) in [6.07, 6.45) is 5.06. The van der Waals surface area contributed by atoms with Crippen molar-refractivity contribution >= 4 is 0 Å². The van der Waals surface area contributed by atoms with E-state index in [0.29, 0.717) is 18.4 Å². The monoisotopic (exact) mass is 385 g/mol. The van der Waals surface area contributed by atoms with Crippen LogP contribution in [0.2, 0.25) is 0 Å². The van der Waals surface area contributed by atoms with Crippen LogP contribution in [0.1, 0.15) is 56.1 Å². The van der Waals surface area contributed by atoms with E-state index in [1.165, 1.54) is 17.7 Å². The normalized spacial score (nSPS) is 19.1. The first kappa shape index (κ1) is 20.1. The molecule has 0 atom stereocenters. The van der Waals surface area contributed by atoms with Gasteiger partial charge in [-0.3, -0.25) is 0 Å². The van der Waals surface area contributed by atoms with Crippen molar-refractivity contribution in [3.05, 3.63) is 59.2 Å². The Hall–Kier alpha value is -2.61. The molecule has 3 nitrogen and oxygen atoms in total. The number of hydrogen-bond acceptors (Lipinski definition) is 3. The zero-order valence-corrected chi connectivity index (χ0v) is 16.1. The van der Waals surface area contributed by atoms with Crippen LogP contribution in [0.15, 0.2) is 36.4 Å². The van der Waals surface area contributed by atoms with E-state index >= 15 is 0 Å². The Morgan fingerprint density at radius 1 is 0.964 bits per heavy atom. The van der Waals surface area contributed by atoms with Gasteiger partial charge in [-0.15, -0.1) is 0 Å². The highest BCUT2D eigenvalue weighted by molar-refractivity contribution is 5.37. The van der Waals surface area contributed by atoms with Gasteiger partial charge in [-0.25, -0.2) is 4.39 Å². The summed E-state index contributed by atoms with van der Waals surface area (Å²) in [4.78, 5) is 0. The molecule has 28 heavy (non-hydrogen) atoms. The SMILES string of the molecule is CCCOc1ccc(C2CCC(COc3ccc(C#N)c(F)c3F)CC2)cc1.